The van der Waals surface area contributed by atoms with E-state index in [0.29, 0.717) is 11.5 Å². The highest BCUT2D eigenvalue weighted by molar-refractivity contribution is 6.41. The average molecular weight is 234 g/mol. The highest BCUT2D eigenvalue weighted by Gasteiger charge is 2.20. The summed E-state index contributed by atoms with van der Waals surface area (Å²) in [4.78, 5) is 23.3. The second kappa shape index (κ2) is 5.62. The predicted molar refractivity (Wildman–Crippen MR) is 66.2 cm³/mol. The third-order valence-corrected chi connectivity index (χ3v) is 2.63. The topological polar surface area (TPSA) is 43.4 Å². The number of carbonyl (C=O) groups excluding carboxylic acids is 2. The van der Waals surface area contributed by atoms with Crippen LogP contribution in [0.4, 0.5) is 0 Å². The lowest BCUT2D eigenvalue weighted by atomic mass is 9.96. The number of ketones is 1. The van der Waals surface area contributed by atoms with Crippen molar-refractivity contribution >= 4 is 11.8 Å². The van der Waals surface area contributed by atoms with Gasteiger partial charge in [0.15, 0.2) is 0 Å². The van der Waals surface area contributed by atoms with Gasteiger partial charge in [0, 0.05) is 5.56 Å². The number of benzene rings is 1. The summed E-state index contributed by atoms with van der Waals surface area (Å²) in [6.07, 6.45) is 0. The summed E-state index contributed by atoms with van der Waals surface area (Å²) in [5.41, 5.74) is 2.28. The van der Waals surface area contributed by atoms with Crippen LogP contribution in [0.3, 0.4) is 0 Å². The first-order chi connectivity index (χ1) is 7.97. The number of ether oxygens (including phenoxy) is 1. The van der Waals surface area contributed by atoms with E-state index >= 15 is 0 Å². The molecule has 0 aliphatic rings. The first-order valence-corrected chi connectivity index (χ1v) is 5.79. The van der Waals surface area contributed by atoms with Crippen molar-refractivity contribution in [3.8, 4) is 0 Å². The maximum Gasteiger partial charge on any atom is 0.379 e. The molecule has 3 nitrogen and oxygen atoms in total. The molecule has 0 N–H and O–H groups in total. The third-order valence-electron chi connectivity index (χ3n) is 2.63. The Bertz CT molecular complexity index is 433. The Labute approximate surface area is 102 Å². The molecule has 0 aromatic heterocycles. The first kappa shape index (κ1) is 13.4. The minimum absolute atomic E-state index is 0.216. The lowest BCUT2D eigenvalue weighted by molar-refractivity contribution is -0.137. The Balaban J connectivity index is 3.08. The van der Waals surface area contributed by atoms with E-state index in [1.165, 1.54) is 0 Å². The van der Waals surface area contributed by atoms with Gasteiger partial charge < -0.3 is 4.74 Å². The van der Waals surface area contributed by atoms with Gasteiger partial charge in [0.25, 0.3) is 5.78 Å². The highest BCUT2D eigenvalue weighted by Crippen LogP contribution is 2.19. The summed E-state index contributed by atoms with van der Waals surface area (Å²) in [5, 5.41) is 0. The largest absolute Gasteiger partial charge is 0.460 e. The minimum Gasteiger partial charge on any atom is -0.460 e. The Morgan fingerprint density at radius 3 is 2.47 bits per heavy atom. The summed E-state index contributed by atoms with van der Waals surface area (Å²) in [6, 6.07) is 5.61. The van der Waals surface area contributed by atoms with Crippen molar-refractivity contribution in [2.45, 2.75) is 33.6 Å². The van der Waals surface area contributed by atoms with Crippen LogP contribution in [0.2, 0.25) is 0 Å². The maximum absolute atomic E-state index is 11.9. The van der Waals surface area contributed by atoms with Gasteiger partial charge in [-0.25, -0.2) is 4.79 Å². The zero-order chi connectivity index (χ0) is 13.0. The molecule has 0 saturated heterocycles. The molecular formula is C14H18O3. The molecular weight excluding hydrogens is 216 g/mol. The number of aryl methyl sites for hydroxylation is 1. The molecule has 0 amide bonds. The Hall–Kier alpha value is -1.64. The van der Waals surface area contributed by atoms with Gasteiger partial charge in [-0.3, -0.25) is 4.79 Å². The van der Waals surface area contributed by atoms with E-state index in [2.05, 4.69) is 0 Å². The molecule has 1 aromatic carbocycles. The molecule has 0 atom stereocenters. The number of Topliss-reactive ketones (excluding diaryl/α,β-unsaturated/α-hetero) is 1. The lowest BCUT2D eigenvalue weighted by Crippen LogP contribution is -2.18. The standard InChI is InChI=1S/C14H18O3/c1-5-17-14(16)13(15)12-8-11(9(2)3)7-6-10(12)4/h6-9H,5H2,1-4H3. The van der Waals surface area contributed by atoms with Crippen LogP contribution in [0.15, 0.2) is 18.2 Å². The van der Waals surface area contributed by atoms with Gasteiger partial charge >= 0.3 is 5.97 Å². The molecule has 0 radical (unpaired) electrons. The van der Waals surface area contributed by atoms with E-state index in [-0.39, 0.29) is 6.61 Å². The van der Waals surface area contributed by atoms with Gasteiger partial charge in [0.05, 0.1) is 6.61 Å². The van der Waals surface area contributed by atoms with Crippen LogP contribution in [-0.2, 0) is 9.53 Å². The Kier molecular flexibility index (Phi) is 4.44. The number of esters is 1. The maximum atomic E-state index is 11.9. The van der Waals surface area contributed by atoms with Crippen LogP contribution in [0.1, 0.15) is 48.2 Å². The molecule has 0 fully saturated rings. The molecule has 92 valence electrons. The zero-order valence-corrected chi connectivity index (χ0v) is 10.7. The first-order valence-electron chi connectivity index (χ1n) is 5.79. The number of hydrogen-bond acceptors (Lipinski definition) is 3. The van der Waals surface area contributed by atoms with Gasteiger partial charge in [-0.2, -0.15) is 0 Å². The highest BCUT2D eigenvalue weighted by atomic mass is 16.5. The Morgan fingerprint density at radius 2 is 1.94 bits per heavy atom. The molecule has 0 heterocycles. The van der Waals surface area contributed by atoms with Crippen molar-refractivity contribution in [3.05, 3.63) is 34.9 Å². The molecule has 1 aromatic rings. The van der Waals surface area contributed by atoms with E-state index in [4.69, 9.17) is 4.74 Å². The molecule has 1 rings (SSSR count). The minimum atomic E-state index is -0.781. The van der Waals surface area contributed by atoms with Gasteiger partial charge in [-0.05, 0) is 37.0 Å². The van der Waals surface area contributed by atoms with Gasteiger partial charge in [-0.15, -0.1) is 0 Å². The quantitative estimate of drug-likeness (QED) is 0.457. The van der Waals surface area contributed by atoms with Crippen molar-refractivity contribution in [1.29, 1.82) is 0 Å². The Morgan fingerprint density at radius 1 is 1.29 bits per heavy atom. The van der Waals surface area contributed by atoms with Crippen LogP contribution in [0.25, 0.3) is 0 Å². The summed E-state index contributed by atoms with van der Waals surface area (Å²) in [6.45, 7) is 7.80. The second-order valence-corrected chi connectivity index (χ2v) is 4.28. The van der Waals surface area contributed by atoms with E-state index in [9.17, 15) is 9.59 Å². The molecule has 0 aliphatic carbocycles. The van der Waals surface area contributed by atoms with Crippen LogP contribution in [0, 0.1) is 6.92 Å². The van der Waals surface area contributed by atoms with E-state index < -0.39 is 11.8 Å². The van der Waals surface area contributed by atoms with Crippen LogP contribution in [0.5, 0.6) is 0 Å². The zero-order valence-electron chi connectivity index (χ0n) is 10.7. The molecule has 3 heteroatoms. The normalized spacial score (nSPS) is 10.4. The molecule has 0 unspecified atom stereocenters. The number of rotatable bonds is 4. The third kappa shape index (κ3) is 3.16. The number of carbonyl (C=O) groups is 2. The van der Waals surface area contributed by atoms with Crippen LogP contribution < -0.4 is 0 Å². The van der Waals surface area contributed by atoms with Crippen molar-refractivity contribution in [3.63, 3.8) is 0 Å². The lowest BCUT2D eigenvalue weighted by Gasteiger charge is -2.10. The van der Waals surface area contributed by atoms with Crippen molar-refractivity contribution in [2.75, 3.05) is 6.61 Å². The van der Waals surface area contributed by atoms with E-state index in [1.807, 2.05) is 32.9 Å². The van der Waals surface area contributed by atoms with Crippen LogP contribution >= 0.6 is 0 Å². The average Bonchev–Trinajstić information content (AvgIpc) is 2.28. The molecule has 0 aliphatic heterocycles. The predicted octanol–water partition coefficient (Wildman–Crippen LogP) is 2.86. The summed E-state index contributed by atoms with van der Waals surface area (Å²) in [7, 11) is 0. The summed E-state index contributed by atoms with van der Waals surface area (Å²) in [5.74, 6) is -1.02. The van der Waals surface area contributed by atoms with Crippen LogP contribution in [-0.4, -0.2) is 18.4 Å². The summed E-state index contributed by atoms with van der Waals surface area (Å²) < 4.78 is 4.72. The molecule has 0 saturated carbocycles. The molecule has 0 bridgehead atoms. The fraction of sp³-hybridized carbons (Fsp3) is 0.429. The second-order valence-electron chi connectivity index (χ2n) is 4.28. The van der Waals surface area contributed by atoms with Gasteiger partial charge in [-0.1, -0.05) is 26.0 Å². The SMILES string of the molecule is CCOC(=O)C(=O)c1cc(C(C)C)ccc1C. The van der Waals surface area contributed by atoms with Crippen molar-refractivity contribution in [1.82, 2.24) is 0 Å². The smallest absolute Gasteiger partial charge is 0.379 e. The molecule has 17 heavy (non-hydrogen) atoms. The van der Waals surface area contributed by atoms with Crippen molar-refractivity contribution in [2.24, 2.45) is 0 Å². The fourth-order valence-electron chi connectivity index (χ4n) is 1.55. The van der Waals surface area contributed by atoms with Gasteiger partial charge in [0.1, 0.15) is 0 Å². The summed E-state index contributed by atoms with van der Waals surface area (Å²) >= 11 is 0. The number of hydrogen-bond donors (Lipinski definition) is 0. The van der Waals surface area contributed by atoms with E-state index in [0.717, 1.165) is 11.1 Å². The van der Waals surface area contributed by atoms with Crippen molar-refractivity contribution < 1.29 is 14.3 Å². The van der Waals surface area contributed by atoms with Gasteiger partial charge in [0.2, 0.25) is 0 Å². The van der Waals surface area contributed by atoms with E-state index in [1.54, 1.807) is 13.0 Å². The fourth-order valence-corrected chi connectivity index (χ4v) is 1.55. The monoisotopic (exact) mass is 234 g/mol. The molecule has 0 spiro atoms.